The molecular weight excluding hydrogens is 421 g/mol. The van der Waals surface area contributed by atoms with E-state index in [1.165, 1.54) is 24.3 Å². The van der Waals surface area contributed by atoms with Crippen molar-refractivity contribution in [2.45, 2.75) is 24.6 Å². The van der Waals surface area contributed by atoms with Crippen LogP contribution in [0.1, 0.15) is 11.8 Å². The molecule has 1 heterocycles. The van der Waals surface area contributed by atoms with Crippen LogP contribution in [-0.2, 0) is 5.60 Å². The van der Waals surface area contributed by atoms with Gasteiger partial charge in [0.2, 0.25) is 0 Å². The molecule has 1 unspecified atom stereocenters. The molecule has 0 saturated carbocycles. The molecule has 0 aliphatic carbocycles. The molecule has 3 rings (SSSR count). The SMILES string of the molecule is CC(O)(c1cc(-c2ccc(F)cc2)c(-c2ccc(F)cc2)s1)C(F)(F)C(F)(F)F. The van der Waals surface area contributed by atoms with Gasteiger partial charge in [-0.1, -0.05) is 24.3 Å². The number of halogens is 7. The van der Waals surface area contributed by atoms with Crippen LogP contribution in [0.2, 0.25) is 0 Å². The minimum absolute atomic E-state index is 0.204. The molecule has 2 aromatic carbocycles. The number of thiophene rings is 1. The summed E-state index contributed by atoms with van der Waals surface area (Å²) >= 11 is 0.521. The van der Waals surface area contributed by atoms with Crippen molar-refractivity contribution < 1.29 is 35.8 Å². The lowest BCUT2D eigenvalue weighted by Gasteiger charge is -2.32. The van der Waals surface area contributed by atoms with Gasteiger partial charge in [0.1, 0.15) is 11.6 Å². The molecule has 1 atom stereocenters. The van der Waals surface area contributed by atoms with Gasteiger partial charge in [0.25, 0.3) is 0 Å². The molecular formula is C20H13F7OS. The lowest BCUT2D eigenvalue weighted by atomic mass is 9.93. The first kappa shape index (κ1) is 21.3. The number of hydrogen-bond donors (Lipinski definition) is 1. The van der Waals surface area contributed by atoms with E-state index in [9.17, 15) is 35.8 Å². The van der Waals surface area contributed by atoms with Gasteiger partial charge in [-0.3, -0.25) is 0 Å². The molecule has 0 saturated heterocycles. The van der Waals surface area contributed by atoms with E-state index in [4.69, 9.17) is 0 Å². The predicted octanol–water partition coefficient (Wildman–Crippen LogP) is 6.77. The molecule has 29 heavy (non-hydrogen) atoms. The Morgan fingerprint density at radius 2 is 1.21 bits per heavy atom. The Bertz CT molecular complexity index is 940. The fourth-order valence-electron chi connectivity index (χ4n) is 2.72. The third-order valence-electron chi connectivity index (χ3n) is 4.44. The Morgan fingerprint density at radius 1 is 0.759 bits per heavy atom. The normalized spacial score (nSPS) is 14.7. The summed E-state index contributed by atoms with van der Waals surface area (Å²) in [5, 5.41) is 10.2. The number of rotatable bonds is 4. The number of alkyl halides is 5. The second-order valence-corrected chi connectivity index (χ2v) is 7.56. The van der Waals surface area contributed by atoms with Crippen molar-refractivity contribution in [3.05, 3.63) is 71.1 Å². The van der Waals surface area contributed by atoms with Crippen molar-refractivity contribution in [3.8, 4) is 21.6 Å². The smallest absolute Gasteiger partial charge is 0.378 e. The maximum absolute atomic E-state index is 14.0. The topological polar surface area (TPSA) is 20.2 Å². The monoisotopic (exact) mass is 434 g/mol. The van der Waals surface area contributed by atoms with Crippen LogP contribution in [0, 0.1) is 11.6 Å². The summed E-state index contributed by atoms with van der Waals surface area (Å²) in [6.07, 6.45) is -5.98. The van der Waals surface area contributed by atoms with Crippen LogP contribution in [-0.4, -0.2) is 17.2 Å². The second kappa shape index (κ2) is 7.14. The summed E-state index contributed by atoms with van der Waals surface area (Å²) in [4.78, 5) is -0.414. The van der Waals surface area contributed by atoms with Crippen molar-refractivity contribution >= 4 is 11.3 Å². The van der Waals surface area contributed by atoms with Gasteiger partial charge < -0.3 is 5.11 Å². The van der Waals surface area contributed by atoms with Crippen molar-refractivity contribution in [1.82, 2.24) is 0 Å². The highest BCUT2D eigenvalue weighted by molar-refractivity contribution is 7.16. The van der Waals surface area contributed by atoms with Crippen LogP contribution >= 0.6 is 11.3 Å². The van der Waals surface area contributed by atoms with Crippen molar-refractivity contribution in [2.24, 2.45) is 0 Å². The zero-order valence-corrected chi connectivity index (χ0v) is 15.5. The van der Waals surface area contributed by atoms with E-state index in [1.807, 2.05) is 0 Å². The average Bonchev–Trinajstić information content (AvgIpc) is 3.08. The van der Waals surface area contributed by atoms with Crippen LogP contribution in [0.4, 0.5) is 30.7 Å². The molecule has 0 aliphatic heterocycles. The summed E-state index contributed by atoms with van der Waals surface area (Å²) in [7, 11) is 0. The van der Waals surface area contributed by atoms with Crippen LogP contribution in [0.25, 0.3) is 21.6 Å². The predicted molar refractivity (Wildman–Crippen MR) is 95.7 cm³/mol. The Labute approximate surface area is 165 Å². The Hall–Kier alpha value is -2.39. The summed E-state index contributed by atoms with van der Waals surface area (Å²) < 4.78 is 93.1. The van der Waals surface area contributed by atoms with Gasteiger partial charge in [-0.2, -0.15) is 22.0 Å². The minimum Gasteiger partial charge on any atom is -0.378 e. The molecule has 0 radical (unpaired) electrons. The van der Waals surface area contributed by atoms with E-state index in [1.54, 1.807) is 0 Å². The first-order valence-electron chi connectivity index (χ1n) is 8.17. The standard InChI is InChI=1S/C20H13F7OS/c1-18(28,19(23,24)20(25,26)27)16-10-15(11-2-6-13(21)7-3-11)17(29-16)12-4-8-14(22)9-5-12/h2-10,28H,1H3. The quantitative estimate of drug-likeness (QED) is 0.450. The van der Waals surface area contributed by atoms with E-state index in [2.05, 4.69) is 0 Å². The Kier molecular flexibility index (Phi) is 5.25. The van der Waals surface area contributed by atoms with Crippen LogP contribution in [0.5, 0.6) is 0 Å². The lowest BCUT2D eigenvalue weighted by Crippen LogP contribution is -2.52. The molecule has 0 spiro atoms. The van der Waals surface area contributed by atoms with Crippen molar-refractivity contribution in [3.63, 3.8) is 0 Å². The molecule has 1 nitrogen and oxygen atoms in total. The highest BCUT2D eigenvalue weighted by Crippen LogP contribution is 2.52. The van der Waals surface area contributed by atoms with Crippen LogP contribution in [0.15, 0.2) is 54.6 Å². The lowest BCUT2D eigenvalue weighted by molar-refractivity contribution is -0.341. The highest BCUT2D eigenvalue weighted by Gasteiger charge is 2.69. The molecule has 9 heteroatoms. The molecule has 1 N–H and O–H groups in total. The van der Waals surface area contributed by atoms with Gasteiger partial charge in [0, 0.05) is 15.3 Å². The van der Waals surface area contributed by atoms with Gasteiger partial charge in [-0.25, -0.2) is 8.78 Å². The average molecular weight is 434 g/mol. The summed E-state index contributed by atoms with van der Waals surface area (Å²) in [5.41, 5.74) is -2.68. The van der Waals surface area contributed by atoms with Gasteiger partial charge in [-0.15, -0.1) is 11.3 Å². The number of hydrogen-bond acceptors (Lipinski definition) is 2. The summed E-state index contributed by atoms with van der Waals surface area (Å²) in [6, 6.07) is 10.7. The van der Waals surface area contributed by atoms with Crippen LogP contribution in [0.3, 0.4) is 0 Å². The minimum atomic E-state index is -5.98. The molecule has 0 amide bonds. The first-order valence-corrected chi connectivity index (χ1v) is 8.99. The molecule has 0 bridgehead atoms. The van der Waals surface area contributed by atoms with E-state index >= 15 is 0 Å². The van der Waals surface area contributed by atoms with E-state index in [0.717, 1.165) is 30.3 Å². The zero-order chi connectivity index (χ0) is 21.6. The fraction of sp³-hybridized carbons (Fsp3) is 0.200. The summed E-state index contributed by atoms with van der Waals surface area (Å²) in [6.45, 7) is 0.384. The maximum Gasteiger partial charge on any atom is 0.456 e. The Morgan fingerprint density at radius 3 is 1.66 bits per heavy atom. The van der Waals surface area contributed by atoms with Gasteiger partial charge in [0.15, 0.2) is 5.60 Å². The Balaban J connectivity index is 2.22. The molecule has 3 aromatic rings. The maximum atomic E-state index is 14.0. The van der Waals surface area contributed by atoms with Crippen molar-refractivity contribution in [1.29, 1.82) is 0 Å². The second-order valence-electron chi connectivity index (χ2n) is 6.51. The van der Waals surface area contributed by atoms with Gasteiger partial charge in [-0.05, 0) is 48.4 Å². The molecule has 1 aromatic heterocycles. The number of aliphatic hydroxyl groups is 1. The molecule has 0 aliphatic rings. The third-order valence-corrected chi connectivity index (χ3v) is 5.84. The van der Waals surface area contributed by atoms with E-state index < -0.39 is 34.2 Å². The van der Waals surface area contributed by atoms with E-state index in [-0.39, 0.29) is 10.4 Å². The molecule has 154 valence electrons. The fourth-order valence-corrected chi connectivity index (χ4v) is 3.99. The first-order chi connectivity index (χ1) is 13.3. The zero-order valence-electron chi connectivity index (χ0n) is 14.7. The van der Waals surface area contributed by atoms with Gasteiger partial charge >= 0.3 is 12.1 Å². The third kappa shape index (κ3) is 3.76. The highest BCUT2D eigenvalue weighted by atomic mass is 32.1. The van der Waals surface area contributed by atoms with Gasteiger partial charge in [0.05, 0.1) is 0 Å². The van der Waals surface area contributed by atoms with E-state index in [0.29, 0.717) is 29.4 Å². The number of benzene rings is 2. The van der Waals surface area contributed by atoms with Crippen molar-refractivity contribution in [2.75, 3.05) is 0 Å². The largest absolute Gasteiger partial charge is 0.456 e. The molecule has 0 fully saturated rings. The van der Waals surface area contributed by atoms with Crippen LogP contribution < -0.4 is 0 Å². The summed E-state index contributed by atoms with van der Waals surface area (Å²) in [5.74, 6) is -6.56.